The van der Waals surface area contributed by atoms with E-state index in [1.165, 1.54) is 4.90 Å². The van der Waals surface area contributed by atoms with Gasteiger partial charge in [-0.3, -0.25) is 14.5 Å². The number of hydrogen-bond acceptors (Lipinski definition) is 6. The minimum Gasteiger partial charge on any atom is -0.507 e. The van der Waals surface area contributed by atoms with Crippen LogP contribution >= 0.6 is 11.6 Å². The number of aromatic nitrogens is 1. The number of hydrogen-bond donors (Lipinski definition) is 1. The van der Waals surface area contributed by atoms with E-state index in [1.807, 2.05) is 0 Å². The molecule has 0 bridgehead atoms. The van der Waals surface area contributed by atoms with Crippen LogP contribution in [0.25, 0.3) is 5.76 Å². The van der Waals surface area contributed by atoms with Crippen LogP contribution in [0.4, 0.5) is 5.82 Å². The van der Waals surface area contributed by atoms with Crippen LogP contribution in [0.3, 0.4) is 0 Å². The van der Waals surface area contributed by atoms with E-state index in [2.05, 4.69) is 11.7 Å². The van der Waals surface area contributed by atoms with Crippen molar-refractivity contribution in [3.63, 3.8) is 0 Å². The molecule has 1 aliphatic heterocycles. The first-order valence-electron chi connectivity index (χ1n) is 9.74. The lowest BCUT2D eigenvalue weighted by molar-refractivity contribution is -0.132. The van der Waals surface area contributed by atoms with Gasteiger partial charge in [-0.1, -0.05) is 41.5 Å². The predicted molar refractivity (Wildman–Crippen MR) is 120 cm³/mol. The second-order valence-electron chi connectivity index (χ2n) is 7.14. The number of halogens is 1. The Labute approximate surface area is 189 Å². The summed E-state index contributed by atoms with van der Waals surface area (Å²) in [7, 11) is 0. The van der Waals surface area contributed by atoms with Crippen LogP contribution in [-0.4, -0.2) is 28.6 Å². The van der Waals surface area contributed by atoms with Gasteiger partial charge in [0.2, 0.25) is 0 Å². The normalized spacial score (nSPS) is 17.6. The molecule has 4 rings (SSSR count). The van der Waals surface area contributed by atoms with Gasteiger partial charge in [0.1, 0.15) is 23.9 Å². The summed E-state index contributed by atoms with van der Waals surface area (Å²) in [6.45, 7) is 5.64. The lowest BCUT2D eigenvalue weighted by Crippen LogP contribution is -2.29. The molecular weight excluding hydrogens is 432 g/mol. The summed E-state index contributed by atoms with van der Waals surface area (Å²) in [6, 6.07) is 13.9. The first kappa shape index (κ1) is 21.4. The molecule has 0 saturated carbocycles. The molecule has 1 amide bonds. The summed E-state index contributed by atoms with van der Waals surface area (Å²) in [5.74, 6) is -0.690. The molecule has 0 aliphatic carbocycles. The molecule has 2 aromatic carbocycles. The highest BCUT2D eigenvalue weighted by molar-refractivity contribution is 6.51. The van der Waals surface area contributed by atoms with Gasteiger partial charge in [0, 0.05) is 16.7 Å². The monoisotopic (exact) mass is 450 g/mol. The van der Waals surface area contributed by atoms with Crippen molar-refractivity contribution in [3.8, 4) is 5.75 Å². The van der Waals surface area contributed by atoms with Crippen LogP contribution in [0, 0.1) is 6.92 Å². The number of Topliss-reactive ketones (excluding diaryl/α,β-unsaturated/α-hetero) is 1. The number of aliphatic hydroxyl groups excluding tert-OH is 1. The number of nitrogens with zero attached hydrogens (tertiary/aromatic N) is 2. The average Bonchev–Trinajstić information content (AvgIpc) is 3.33. The molecule has 1 N–H and O–H groups in total. The molecule has 7 nitrogen and oxygen atoms in total. The van der Waals surface area contributed by atoms with Gasteiger partial charge in [0.25, 0.3) is 5.78 Å². The van der Waals surface area contributed by atoms with Gasteiger partial charge in [-0.05, 0) is 48.9 Å². The molecule has 0 radical (unpaired) electrons. The largest absolute Gasteiger partial charge is 0.507 e. The third-order valence-electron chi connectivity index (χ3n) is 4.99. The molecule has 1 aliphatic rings. The van der Waals surface area contributed by atoms with Crippen LogP contribution in [0.5, 0.6) is 5.75 Å². The van der Waals surface area contributed by atoms with Gasteiger partial charge in [0.05, 0.1) is 11.6 Å². The Hall–Kier alpha value is -3.84. The number of rotatable bonds is 6. The first-order chi connectivity index (χ1) is 15.4. The molecule has 3 aromatic rings. The van der Waals surface area contributed by atoms with Gasteiger partial charge in [-0.25, -0.2) is 0 Å². The molecule has 0 spiro atoms. The lowest BCUT2D eigenvalue weighted by Gasteiger charge is -2.23. The van der Waals surface area contributed by atoms with E-state index in [-0.39, 0.29) is 17.2 Å². The summed E-state index contributed by atoms with van der Waals surface area (Å²) in [6.07, 6.45) is 1.63. The Bertz CT molecular complexity index is 1210. The highest BCUT2D eigenvalue weighted by atomic mass is 35.5. The van der Waals surface area contributed by atoms with E-state index < -0.39 is 17.7 Å². The molecule has 2 heterocycles. The fourth-order valence-corrected chi connectivity index (χ4v) is 3.64. The number of ketones is 1. The van der Waals surface area contributed by atoms with E-state index in [0.29, 0.717) is 34.3 Å². The molecule has 1 saturated heterocycles. The molecule has 8 heteroatoms. The lowest BCUT2D eigenvalue weighted by atomic mass is 9.95. The Balaban J connectivity index is 1.86. The Kier molecular flexibility index (Phi) is 5.83. The molecule has 1 unspecified atom stereocenters. The second-order valence-corrected chi connectivity index (χ2v) is 7.58. The third kappa shape index (κ3) is 3.90. The summed E-state index contributed by atoms with van der Waals surface area (Å²) >= 11 is 5.95. The number of carbonyl (C=O) groups excluding carboxylic acids is 2. The molecule has 32 heavy (non-hydrogen) atoms. The maximum absolute atomic E-state index is 13.0. The molecule has 162 valence electrons. The SMILES string of the molecule is C=CCOc1ccc(C2C(=C(O)c3ccc(Cl)cc3)C(=O)C(=O)N2c2cc(C)on2)cc1. The van der Waals surface area contributed by atoms with Gasteiger partial charge >= 0.3 is 5.91 Å². The van der Waals surface area contributed by atoms with Gasteiger partial charge in [-0.2, -0.15) is 0 Å². The van der Waals surface area contributed by atoms with Crippen LogP contribution in [0.15, 0.2) is 77.3 Å². The van der Waals surface area contributed by atoms with Crippen molar-refractivity contribution in [3.05, 3.63) is 94.7 Å². The zero-order valence-electron chi connectivity index (χ0n) is 17.1. The fraction of sp³-hybridized carbons (Fsp3) is 0.125. The number of ether oxygens (including phenoxy) is 1. The van der Waals surface area contributed by atoms with Crippen molar-refractivity contribution in [2.75, 3.05) is 11.5 Å². The number of amides is 1. The van der Waals surface area contributed by atoms with Crippen molar-refractivity contribution in [1.82, 2.24) is 5.16 Å². The standard InChI is InChI=1S/C24H19ClN2O5/c1-3-12-31-18-10-6-15(7-11-18)21-20(22(28)16-4-8-17(25)9-5-16)23(29)24(30)27(21)19-13-14(2)32-26-19/h3-11,13,21,28H,1,12H2,2H3. The number of benzene rings is 2. The first-order valence-corrected chi connectivity index (χ1v) is 10.1. The summed E-state index contributed by atoms with van der Waals surface area (Å²) in [4.78, 5) is 27.3. The number of aryl methyl sites for hydroxylation is 1. The van der Waals surface area contributed by atoms with Crippen molar-refractivity contribution in [1.29, 1.82) is 0 Å². The maximum Gasteiger partial charge on any atom is 0.301 e. The third-order valence-corrected chi connectivity index (χ3v) is 5.24. The van der Waals surface area contributed by atoms with Crippen LogP contribution in [0.2, 0.25) is 5.02 Å². The quantitative estimate of drug-likeness (QED) is 0.250. The summed E-state index contributed by atoms with van der Waals surface area (Å²) < 4.78 is 10.6. The molecule has 1 aromatic heterocycles. The van der Waals surface area contributed by atoms with Crippen LogP contribution < -0.4 is 9.64 Å². The van der Waals surface area contributed by atoms with Gasteiger partial charge < -0.3 is 14.4 Å². The highest BCUT2D eigenvalue weighted by Gasteiger charge is 2.48. The maximum atomic E-state index is 13.0. The summed E-state index contributed by atoms with van der Waals surface area (Å²) in [5.41, 5.74) is 0.892. The predicted octanol–water partition coefficient (Wildman–Crippen LogP) is 4.83. The zero-order chi connectivity index (χ0) is 22.8. The van der Waals surface area contributed by atoms with E-state index in [0.717, 1.165) is 0 Å². The summed E-state index contributed by atoms with van der Waals surface area (Å²) in [5, 5.41) is 15.4. The van der Waals surface area contributed by atoms with Crippen molar-refractivity contribution >= 4 is 34.9 Å². The highest BCUT2D eigenvalue weighted by Crippen LogP contribution is 2.42. The zero-order valence-corrected chi connectivity index (χ0v) is 17.9. The second kappa shape index (κ2) is 8.72. The molecule has 1 atom stereocenters. The smallest absolute Gasteiger partial charge is 0.301 e. The van der Waals surface area contributed by atoms with E-state index in [9.17, 15) is 14.7 Å². The van der Waals surface area contributed by atoms with Crippen LogP contribution in [0.1, 0.15) is 22.9 Å². The van der Waals surface area contributed by atoms with Crippen LogP contribution in [-0.2, 0) is 9.59 Å². The fourth-order valence-electron chi connectivity index (χ4n) is 3.52. The van der Waals surface area contributed by atoms with Crippen molar-refractivity contribution in [2.24, 2.45) is 0 Å². The number of anilines is 1. The average molecular weight is 451 g/mol. The van der Waals surface area contributed by atoms with Gasteiger partial charge in [0.15, 0.2) is 5.82 Å². The number of aliphatic hydroxyl groups is 1. The Morgan fingerprint density at radius 2 is 1.91 bits per heavy atom. The van der Waals surface area contributed by atoms with Gasteiger partial charge in [-0.15, -0.1) is 0 Å². The minimum absolute atomic E-state index is 0.0577. The minimum atomic E-state index is -0.913. The molecular formula is C24H19ClN2O5. The Morgan fingerprint density at radius 1 is 1.22 bits per heavy atom. The topological polar surface area (TPSA) is 92.9 Å². The number of carbonyl (C=O) groups is 2. The molecule has 1 fully saturated rings. The van der Waals surface area contributed by atoms with E-state index in [1.54, 1.807) is 67.6 Å². The Morgan fingerprint density at radius 3 is 2.50 bits per heavy atom. The van der Waals surface area contributed by atoms with Crippen molar-refractivity contribution < 1.29 is 24.0 Å². The van der Waals surface area contributed by atoms with E-state index >= 15 is 0 Å². The van der Waals surface area contributed by atoms with Crippen molar-refractivity contribution in [2.45, 2.75) is 13.0 Å². The van der Waals surface area contributed by atoms with E-state index in [4.69, 9.17) is 20.9 Å².